The Labute approximate surface area is 168 Å². The molecule has 0 saturated carbocycles. The molecule has 0 spiro atoms. The van der Waals surface area contributed by atoms with E-state index in [4.69, 9.17) is 23.2 Å². The van der Waals surface area contributed by atoms with Gasteiger partial charge in [-0.05, 0) is 43.4 Å². The van der Waals surface area contributed by atoms with Gasteiger partial charge in [-0.2, -0.15) is 0 Å². The van der Waals surface area contributed by atoms with Crippen LogP contribution in [0.2, 0.25) is 10.0 Å². The van der Waals surface area contributed by atoms with Gasteiger partial charge in [0.1, 0.15) is 6.04 Å². The van der Waals surface area contributed by atoms with E-state index < -0.39 is 11.9 Å². The highest BCUT2D eigenvalue weighted by Gasteiger charge is 2.51. The summed E-state index contributed by atoms with van der Waals surface area (Å²) in [7, 11) is 0. The Morgan fingerprint density at radius 1 is 1.11 bits per heavy atom. The molecule has 3 unspecified atom stereocenters. The first-order chi connectivity index (χ1) is 12.8. The summed E-state index contributed by atoms with van der Waals surface area (Å²) >= 11 is 11.9. The number of carbonyl (C=O) groups is 3. The van der Waals surface area contributed by atoms with Crippen molar-refractivity contribution in [1.29, 1.82) is 0 Å². The lowest BCUT2D eigenvalue weighted by atomic mass is 9.85. The summed E-state index contributed by atoms with van der Waals surface area (Å²) in [6, 6.07) is 3.93. The van der Waals surface area contributed by atoms with E-state index in [1.807, 2.05) is 26.0 Å². The van der Waals surface area contributed by atoms with Gasteiger partial charge in [-0.25, -0.2) is 0 Å². The van der Waals surface area contributed by atoms with Gasteiger partial charge in [-0.15, -0.1) is 0 Å². The quantitative estimate of drug-likeness (QED) is 0.583. The van der Waals surface area contributed by atoms with Crippen LogP contribution in [-0.2, 0) is 14.4 Å². The molecule has 1 aliphatic heterocycles. The SMILES string of the molecule is CC(C)CC(C(=O)Nc1ccc(Cl)c(Cl)c1)N1C(=O)C2CC=CCC2C1=O. The van der Waals surface area contributed by atoms with E-state index in [-0.39, 0.29) is 29.6 Å². The average molecular weight is 409 g/mol. The van der Waals surface area contributed by atoms with Crippen LogP contribution in [0.25, 0.3) is 0 Å². The Balaban J connectivity index is 1.85. The van der Waals surface area contributed by atoms with E-state index in [0.29, 0.717) is 35.0 Å². The molecule has 1 aromatic rings. The van der Waals surface area contributed by atoms with Crippen molar-refractivity contribution in [2.24, 2.45) is 17.8 Å². The summed E-state index contributed by atoms with van der Waals surface area (Å²) in [4.78, 5) is 39.9. The van der Waals surface area contributed by atoms with Gasteiger partial charge in [0.05, 0.1) is 21.9 Å². The Bertz CT molecular complexity index is 780. The molecule has 3 amide bonds. The van der Waals surface area contributed by atoms with Crippen molar-refractivity contribution < 1.29 is 14.4 Å². The summed E-state index contributed by atoms with van der Waals surface area (Å²) in [5.74, 6) is -1.45. The maximum atomic E-state index is 13.0. The number of halogens is 2. The van der Waals surface area contributed by atoms with Crippen molar-refractivity contribution >= 4 is 46.6 Å². The van der Waals surface area contributed by atoms with E-state index >= 15 is 0 Å². The zero-order valence-corrected chi connectivity index (χ0v) is 16.8. The fraction of sp³-hybridized carbons (Fsp3) is 0.450. The van der Waals surface area contributed by atoms with Crippen LogP contribution in [0.5, 0.6) is 0 Å². The number of carbonyl (C=O) groups excluding carboxylic acids is 3. The van der Waals surface area contributed by atoms with E-state index in [2.05, 4.69) is 5.32 Å². The van der Waals surface area contributed by atoms with Gasteiger partial charge in [-0.1, -0.05) is 49.2 Å². The normalized spacial score (nSPS) is 22.9. The lowest BCUT2D eigenvalue weighted by molar-refractivity contribution is -0.147. The molecule has 144 valence electrons. The smallest absolute Gasteiger partial charge is 0.247 e. The molecule has 1 saturated heterocycles. The minimum absolute atomic E-state index is 0.135. The Hall–Kier alpha value is -1.85. The zero-order chi connectivity index (χ0) is 19.7. The number of likely N-dealkylation sites (tertiary alicyclic amines) is 1. The van der Waals surface area contributed by atoms with E-state index in [9.17, 15) is 14.4 Å². The topological polar surface area (TPSA) is 66.5 Å². The number of allylic oxidation sites excluding steroid dienone is 2. The number of anilines is 1. The van der Waals surface area contributed by atoms with Crippen LogP contribution < -0.4 is 5.32 Å². The van der Waals surface area contributed by atoms with Crippen molar-refractivity contribution in [3.63, 3.8) is 0 Å². The van der Waals surface area contributed by atoms with E-state index in [1.165, 1.54) is 4.90 Å². The molecule has 3 rings (SSSR count). The van der Waals surface area contributed by atoms with Crippen LogP contribution in [-0.4, -0.2) is 28.7 Å². The van der Waals surface area contributed by atoms with Gasteiger partial charge in [0, 0.05) is 5.69 Å². The number of hydrogen-bond acceptors (Lipinski definition) is 3. The van der Waals surface area contributed by atoms with Crippen LogP contribution >= 0.6 is 23.2 Å². The number of imide groups is 1. The van der Waals surface area contributed by atoms with Crippen molar-refractivity contribution in [2.75, 3.05) is 5.32 Å². The van der Waals surface area contributed by atoms with Crippen molar-refractivity contribution in [1.82, 2.24) is 4.90 Å². The second-order valence-corrected chi connectivity index (χ2v) is 8.28. The highest BCUT2D eigenvalue weighted by molar-refractivity contribution is 6.42. The second kappa shape index (κ2) is 8.03. The van der Waals surface area contributed by atoms with Gasteiger partial charge in [0.15, 0.2) is 0 Å². The summed E-state index contributed by atoms with van der Waals surface area (Å²) in [6.45, 7) is 3.91. The number of nitrogens with one attached hydrogen (secondary N) is 1. The average Bonchev–Trinajstić information content (AvgIpc) is 2.87. The molecule has 1 aliphatic carbocycles. The fourth-order valence-electron chi connectivity index (χ4n) is 3.71. The van der Waals surface area contributed by atoms with Gasteiger partial charge in [0.2, 0.25) is 17.7 Å². The first kappa shape index (κ1) is 19.9. The molecule has 1 N–H and O–H groups in total. The fourth-order valence-corrected chi connectivity index (χ4v) is 4.01. The van der Waals surface area contributed by atoms with Gasteiger partial charge < -0.3 is 5.32 Å². The molecule has 3 atom stereocenters. The number of fused-ring (bicyclic) bond motifs is 1. The molecule has 0 radical (unpaired) electrons. The molecule has 0 aromatic heterocycles. The maximum Gasteiger partial charge on any atom is 0.247 e. The number of nitrogens with zero attached hydrogens (tertiary/aromatic N) is 1. The van der Waals surface area contributed by atoms with Gasteiger partial charge >= 0.3 is 0 Å². The van der Waals surface area contributed by atoms with E-state index in [0.717, 1.165) is 0 Å². The van der Waals surface area contributed by atoms with Crippen molar-refractivity contribution in [3.05, 3.63) is 40.4 Å². The Kier molecular flexibility index (Phi) is 5.92. The molecule has 1 heterocycles. The lowest BCUT2D eigenvalue weighted by Crippen LogP contribution is -2.48. The zero-order valence-electron chi connectivity index (χ0n) is 15.2. The molecular formula is C20H22Cl2N2O3. The Morgan fingerprint density at radius 2 is 1.70 bits per heavy atom. The summed E-state index contributed by atoms with van der Waals surface area (Å²) in [5.41, 5.74) is 0.473. The molecule has 5 nitrogen and oxygen atoms in total. The number of rotatable bonds is 5. The predicted octanol–water partition coefficient (Wildman–Crippen LogP) is 4.30. The number of hydrogen-bond donors (Lipinski definition) is 1. The van der Waals surface area contributed by atoms with Crippen LogP contribution in [0.15, 0.2) is 30.4 Å². The monoisotopic (exact) mass is 408 g/mol. The standard InChI is InChI=1S/C20H22Cl2N2O3/c1-11(2)9-17(18(25)23-12-7-8-15(21)16(22)10-12)24-19(26)13-5-3-4-6-14(13)20(24)27/h3-4,7-8,10-11,13-14,17H,5-6,9H2,1-2H3,(H,23,25). The third-order valence-corrected chi connectivity index (χ3v) is 5.78. The first-order valence-electron chi connectivity index (χ1n) is 9.07. The largest absolute Gasteiger partial charge is 0.324 e. The predicted molar refractivity (Wildman–Crippen MR) is 106 cm³/mol. The van der Waals surface area contributed by atoms with Gasteiger partial charge in [0.25, 0.3) is 0 Å². The Morgan fingerprint density at radius 3 is 2.22 bits per heavy atom. The molecule has 1 fully saturated rings. The molecular weight excluding hydrogens is 387 g/mol. The molecule has 0 bridgehead atoms. The van der Waals surface area contributed by atoms with Gasteiger partial charge in [-0.3, -0.25) is 19.3 Å². The van der Waals surface area contributed by atoms with Crippen LogP contribution in [0.3, 0.4) is 0 Å². The van der Waals surface area contributed by atoms with Crippen LogP contribution in [0, 0.1) is 17.8 Å². The lowest BCUT2D eigenvalue weighted by Gasteiger charge is -2.27. The minimum Gasteiger partial charge on any atom is -0.324 e. The van der Waals surface area contributed by atoms with Crippen molar-refractivity contribution in [3.8, 4) is 0 Å². The molecule has 1 aromatic carbocycles. The summed E-state index contributed by atoms with van der Waals surface area (Å²) < 4.78 is 0. The highest BCUT2D eigenvalue weighted by atomic mass is 35.5. The van der Waals surface area contributed by atoms with Crippen molar-refractivity contribution in [2.45, 2.75) is 39.2 Å². The summed E-state index contributed by atoms with van der Waals surface area (Å²) in [6.07, 6.45) is 5.37. The maximum absolute atomic E-state index is 13.0. The summed E-state index contributed by atoms with van der Waals surface area (Å²) in [5, 5.41) is 3.47. The number of amides is 3. The molecule has 2 aliphatic rings. The number of benzene rings is 1. The van der Waals surface area contributed by atoms with Crippen LogP contribution in [0.4, 0.5) is 5.69 Å². The highest BCUT2D eigenvalue weighted by Crippen LogP contribution is 2.37. The van der Waals surface area contributed by atoms with Crippen LogP contribution in [0.1, 0.15) is 33.1 Å². The first-order valence-corrected chi connectivity index (χ1v) is 9.83. The molecule has 7 heteroatoms. The second-order valence-electron chi connectivity index (χ2n) is 7.47. The molecule has 27 heavy (non-hydrogen) atoms. The third-order valence-electron chi connectivity index (χ3n) is 5.04. The minimum atomic E-state index is -0.843. The van der Waals surface area contributed by atoms with E-state index in [1.54, 1.807) is 18.2 Å². The third kappa shape index (κ3) is 4.04.